The van der Waals surface area contributed by atoms with Crippen LogP contribution in [0.4, 0.5) is 0 Å². The fourth-order valence-corrected chi connectivity index (χ4v) is 9.53. The Morgan fingerprint density at radius 3 is 1.13 bits per heavy atom. The maximum absolute atomic E-state index is 12.8. The number of phosphoric ester groups is 1. The Balaban J connectivity index is 4.02. The molecule has 0 spiro atoms. The molecule has 0 aromatic heterocycles. The molecule has 0 aromatic rings. The summed E-state index contributed by atoms with van der Waals surface area (Å²) < 4.78 is 35.3. The van der Waals surface area contributed by atoms with Crippen LogP contribution in [0, 0.1) is 0 Å². The van der Waals surface area contributed by atoms with Gasteiger partial charge in [-0.3, -0.25) is 13.8 Å². The molecule has 67 heavy (non-hydrogen) atoms. The van der Waals surface area contributed by atoms with E-state index in [1.165, 1.54) is 244 Å². The number of carbonyl (C=O) groups is 1. The second kappa shape index (κ2) is 51.6. The summed E-state index contributed by atoms with van der Waals surface area (Å²) in [6.45, 7) is 5.70. The molecular weight excluding hydrogens is 854 g/mol. The summed E-state index contributed by atoms with van der Waals surface area (Å²) in [7, 11) is 1.69. The summed E-state index contributed by atoms with van der Waals surface area (Å²) in [5, 5.41) is 0. The molecule has 0 rings (SSSR count). The fraction of sp³-hybridized carbons (Fsp3) is 0.948. The molecule has 2 atom stereocenters. The van der Waals surface area contributed by atoms with Crippen molar-refractivity contribution in [1.82, 2.24) is 0 Å². The minimum atomic E-state index is -4.28. The summed E-state index contributed by atoms with van der Waals surface area (Å²) in [5.41, 5.74) is 0. The van der Waals surface area contributed by atoms with Gasteiger partial charge in [0, 0.05) is 13.0 Å². The van der Waals surface area contributed by atoms with Gasteiger partial charge in [0.15, 0.2) is 0 Å². The second-order valence-corrected chi connectivity index (χ2v) is 22.8. The lowest BCUT2D eigenvalue weighted by Crippen LogP contribution is -2.37. The molecule has 0 amide bonds. The van der Waals surface area contributed by atoms with Crippen molar-refractivity contribution in [2.75, 3.05) is 54.1 Å². The first-order chi connectivity index (χ1) is 32.6. The zero-order valence-corrected chi connectivity index (χ0v) is 46.6. The van der Waals surface area contributed by atoms with Crippen molar-refractivity contribution < 1.29 is 37.3 Å². The van der Waals surface area contributed by atoms with Crippen LogP contribution in [0.25, 0.3) is 0 Å². The average Bonchev–Trinajstić information content (AvgIpc) is 3.29. The molecule has 0 aliphatic rings. The summed E-state index contributed by atoms with van der Waals surface area (Å²) in [6.07, 6.45) is 61.3. The number of hydrogen-bond acceptors (Lipinski definition) is 6. The number of hydrogen-bond donors (Lipinski definition) is 1. The lowest BCUT2D eigenvalue weighted by Gasteiger charge is -2.24. The Morgan fingerprint density at radius 1 is 0.448 bits per heavy atom. The van der Waals surface area contributed by atoms with Crippen LogP contribution in [-0.2, 0) is 27.9 Å². The molecule has 8 nitrogen and oxygen atoms in total. The smallest absolute Gasteiger partial charge is 0.457 e. The summed E-state index contributed by atoms with van der Waals surface area (Å²) in [5.74, 6) is -0.305. The lowest BCUT2D eigenvalue weighted by molar-refractivity contribution is -0.870. The van der Waals surface area contributed by atoms with Crippen molar-refractivity contribution in [2.24, 2.45) is 0 Å². The number of unbranched alkanes of at least 4 members (excludes halogenated alkanes) is 40. The Labute approximate surface area is 418 Å². The van der Waals surface area contributed by atoms with E-state index in [2.05, 4.69) is 26.0 Å². The highest BCUT2D eigenvalue weighted by atomic mass is 31.2. The predicted octanol–water partition coefficient (Wildman–Crippen LogP) is 18.5. The van der Waals surface area contributed by atoms with Gasteiger partial charge in [-0.25, -0.2) is 4.57 Å². The zero-order valence-electron chi connectivity index (χ0n) is 45.7. The van der Waals surface area contributed by atoms with E-state index in [0.29, 0.717) is 24.1 Å². The van der Waals surface area contributed by atoms with Gasteiger partial charge in [0.05, 0.1) is 34.4 Å². The third-order valence-corrected chi connectivity index (χ3v) is 14.3. The van der Waals surface area contributed by atoms with Crippen molar-refractivity contribution in [3.8, 4) is 0 Å². The molecule has 0 fully saturated rings. The van der Waals surface area contributed by atoms with E-state index < -0.39 is 13.9 Å². The van der Waals surface area contributed by atoms with Gasteiger partial charge < -0.3 is 18.9 Å². The maximum atomic E-state index is 12.8. The van der Waals surface area contributed by atoms with Crippen LogP contribution in [-0.4, -0.2) is 75.6 Å². The molecule has 0 bridgehead atoms. The van der Waals surface area contributed by atoms with Gasteiger partial charge in [-0.05, 0) is 38.5 Å². The molecule has 1 N–H and O–H groups in total. The number of allylic oxidation sites excluding steroid dienone is 2. The Hall–Kier alpha value is -0.760. The van der Waals surface area contributed by atoms with Gasteiger partial charge in [0.25, 0.3) is 0 Å². The maximum Gasteiger partial charge on any atom is 0.472 e. The van der Waals surface area contributed by atoms with Crippen molar-refractivity contribution in [3.63, 3.8) is 0 Å². The number of phosphoric acid groups is 1. The molecule has 0 aromatic carbocycles. The summed E-state index contributed by atoms with van der Waals surface area (Å²) >= 11 is 0. The number of carbonyl (C=O) groups excluding carboxylic acids is 1. The molecule has 0 radical (unpaired) electrons. The monoisotopic (exact) mass is 971 g/mol. The Morgan fingerprint density at radius 2 is 0.776 bits per heavy atom. The number of esters is 1. The minimum Gasteiger partial charge on any atom is -0.457 e. The minimum absolute atomic E-state index is 0.0927. The Kier molecular flexibility index (Phi) is 51.0. The lowest BCUT2D eigenvalue weighted by atomic mass is 10.0. The average molecular weight is 972 g/mol. The van der Waals surface area contributed by atoms with Crippen LogP contribution in [0.5, 0.6) is 0 Å². The molecule has 400 valence electrons. The van der Waals surface area contributed by atoms with E-state index in [1.54, 1.807) is 0 Å². The van der Waals surface area contributed by atoms with Crippen LogP contribution in [0.1, 0.15) is 296 Å². The van der Waals surface area contributed by atoms with Gasteiger partial charge >= 0.3 is 13.8 Å². The van der Waals surface area contributed by atoms with Crippen molar-refractivity contribution in [3.05, 3.63) is 12.2 Å². The van der Waals surface area contributed by atoms with E-state index in [4.69, 9.17) is 18.5 Å². The van der Waals surface area contributed by atoms with Gasteiger partial charge in [-0.1, -0.05) is 264 Å². The van der Waals surface area contributed by atoms with Crippen molar-refractivity contribution in [1.29, 1.82) is 0 Å². The van der Waals surface area contributed by atoms with Crippen LogP contribution in [0.15, 0.2) is 12.2 Å². The SMILES string of the molecule is CCCCCCCCCC/C=C\CCCCCCCCCCCCCCOCC(COP(=O)(O)OCC[N+](C)(C)C)OC(=O)CCCCCCCCCCCCCCCCCCCCCCC. The van der Waals surface area contributed by atoms with E-state index in [1.807, 2.05) is 21.1 Å². The van der Waals surface area contributed by atoms with Gasteiger partial charge in [-0.2, -0.15) is 0 Å². The summed E-state index contributed by atoms with van der Waals surface area (Å²) in [4.78, 5) is 23.1. The van der Waals surface area contributed by atoms with Crippen LogP contribution in [0.3, 0.4) is 0 Å². The number of ether oxygens (including phenoxy) is 2. The number of nitrogens with zero attached hydrogens (tertiary/aromatic N) is 1. The molecule has 0 heterocycles. The number of likely N-dealkylation sites (N-methyl/N-ethyl adjacent to an activating group) is 1. The van der Waals surface area contributed by atoms with Gasteiger partial charge in [0.2, 0.25) is 0 Å². The number of rotatable bonds is 56. The standard InChI is InChI=1S/C58H116NO7P/c1-6-8-10-12-14-16-18-20-22-24-26-28-29-30-32-34-36-38-40-42-44-46-48-50-53-63-55-57(56-65-67(61,62)64-54-52-59(3,4)5)66-58(60)51-49-47-45-43-41-39-37-35-33-31-27-25-23-21-19-17-15-13-11-9-7-2/h24,26,57H,6-23,25,27-56H2,1-5H3/p+1/b26-24-. The quantitative estimate of drug-likeness (QED) is 0.0213. The van der Waals surface area contributed by atoms with Crippen LogP contribution < -0.4 is 0 Å². The first-order valence-corrected chi connectivity index (χ1v) is 30.9. The largest absolute Gasteiger partial charge is 0.472 e. The highest BCUT2D eigenvalue weighted by molar-refractivity contribution is 7.47. The van der Waals surface area contributed by atoms with Crippen molar-refractivity contribution >= 4 is 13.8 Å². The van der Waals surface area contributed by atoms with E-state index in [9.17, 15) is 14.3 Å². The highest BCUT2D eigenvalue weighted by Crippen LogP contribution is 2.43. The zero-order chi connectivity index (χ0) is 49.0. The third kappa shape index (κ3) is 56.0. The van der Waals surface area contributed by atoms with E-state index in [0.717, 1.165) is 32.1 Å². The topological polar surface area (TPSA) is 91.3 Å². The van der Waals surface area contributed by atoms with Gasteiger partial charge in [0.1, 0.15) is 19.3 Å². The van der Waals surface area contributed by atoms with E-state index in [-0.39, 0.29) is 25.8 Å². The van der Waals surface area contributed by atoms with Gasteiger partial charge in [-0.15, -0.1) is 0 Å². The molecule has 0 saturated heterocycles. The van der Waals surface area contributed by atoms with Crippen molar-refractivity contribution in [2.45, 2.75) is 302 Å². The normalized spacial score (nSPS) is 13.5. The first-order valence-electron chi connectivity index (χ1n) is 29.4. The molecule has 0 aliphatic carbocycles. The Bertz CT molecular complexity index is 1080. The van der Waals surface area contributed by atoms with E-state index >= 15 is 0 Å². The molecular formula is C58H117NO7P+. The molecule has 0 saturated carbocycles. The fourth-order valence-electron chi connectivity index (χ4n) is 8.79. The van der Waals surface area contributed by atoms with Crippen LogP contribution in [0.2, 0.25) is 0 Å². The molecule has 2 unspecified atom stereocenters. The second-order valence-electron chi connectivity index (χ2n) is 21.4. The number of quaternary nitrogens is 1. The first kappa shape index (κ1) is 66.2. The summed E-state index contributed by atoms with van der Waals surface area (Å²) in [6, 6.07) is 0. The highest BCUT2D eigenvalue weighted by Gasteiger charge is 2.26. The third-order valence-electron chi connectivity index (χ3n) is 13.3. The predicted molar refractivity (Wildman–Crippen MR) is 289 cm³/mol. The molecule has 0 aliphatic heterocycles. The molecule has 9 heteroatoms. The van der Waals surface area contributed by atoms with Crippen LogP contribution >= 0.6 is 7.82 Å².